The van der Waals surface area contributed by atoms with E-state index in [2.05, 4.69) is 47.6 Å². The number of hydrogen-bond acceptors (Lipinski definition) is 12. The van der Waals surface area contributed by atoms with Crippen molar-refractivity contribution < 1.29 is 64.3 Å². The Morgan fingerprint density at radius 3 is 2.25 bits per heavy atom. The molecule has 4 saturated carbocycles. The molecule has 7 fully saturated rings. The number of likely N-dealkylation sites (tertiary alicyclic amines) is 1. The Labute approximate surface area is 355 Å². The molecular weight excluding hydrogens is 775 g/mol. The Morgan fingerprint density at radius 2 is 1.55 bits per heavy atom. The maximum Gasteiger partial charge on any atom is 0.326 e. The molecule has 3 aliphatic heterocycles. The first-order valence-corrected chi connectivity index (χ1v) is 22.9. The molecule has 0 spiro atoms. The summed E-state index contributed by atoms with van der Waals surface area (Å²) >= 11 is 0. The zero-order valence-electron chi connectivity index (χ0n) is 36.8. The van der Waals surface area contributed by atoms with E-state index >= 15 is 0 Å². The first-order chi connectivity index (χ1) is 28.1. The van der Waals surface area contributed by atoms with Crippen LogP contribution >= 0.6 is 0 Å². The number of rotatable bonds is 7. The van der Waals surface area contributed by atoms with E-state index in [9.17, 15) is 45.3 Å². The Bertz CT molecular complexity index is 1690. The van der Waals surface area contributed by atoms with Crippen LogP contribution in [0.3, 0.4) is 0 Å². The summed E-state index contributed by atoms with van der Waals surface area (Å²) in [4.78, 5) is 28.9. The van der Waals surface area contributed by atoms with Crippen molar-refractivity contribution in [3.05, 3.63) is 11.6 Å². The van der Waals surface area contributed by atoms with Gasteiger partial charge in [0, 0.05) is 12.0 Å². The maximum absolute atomic E-state index is 14.9. The highest BCUT2D eigenvalue weighted by Crippen LogP contribution is 2.76. The number of nitrogens with zero attached hydrogens (tertiary/aromatic N) is 1. The maximum atomic E-state index is 14.9. The summed E-state index contributed by atoms with van der Waals surface area (Å²) in [6.07, 6.45) is -0.648. The molecule has 0 radical (unpaired) electrons. The van der Waals surface area contributed by atoms with E-state index in [0.29, 0.717) is 19.4 Å². The third-order valence-electron chi connectivity index (χ3n) is 18.8. The van der Waals surface area contributed by atoms with E-state index in [0.717, 1.165) is 64.2 Å². The van der Waals surface area contributed by atoms with Crippen molar-refractivity contribution in [1.29, 1.82) is 0 Å². The number of ether oxygens (including phenoxy) is 4. The summed E-state index contributed by atoms with van der Waals surface area (Å²) in [7, 11) is 0. The lowest BCUT2D eigenvalue weighted by molar-refractivity contribution is -0.365. The molecule has 0 aromatic rings. The largest absolute Gasteiger partial charge is 0.480 e. The van der Waals surface area contributed by atoms with Crippen LogP contribution in [0.25, 0.3) is 0 Å². The van der Waals surface area contributed by atoms with Crippen LogP contribution < -0.4 is 0 Å². The van der Waals surface area contributed by atoms with Crippen LogP contribution in [0.2, 0.25) is 0 Å². The van der Waals surface area contributed by atoms with Gasteiger partial charge in [-0.3, -0.25) is 4.79 Å². The van der Waals surface area contributed by atoms with Crippen molar-refractivity contribution in [3.63, 3.8) is 0 Å². The molecule has 8 aliphatic rings. The van der Waals surface area contributed by atoms with E-state index < -0.39 is 84.3 Å². The van der Waals surface area contributed by atoms with Crippen LogP contribution in [0, 0.1) is 50.2 Å². The summed E-state index contributed by atoms with van der Waals surface area (Å²) in [5.41, 5.74) is -0.295. The van der Waals surface area contributed by atoms with Crippen LogP contribution in [0.5, 0.6) is 0 Å². The highest BCUT2D eigenvalue weighted by Gasteiger charge is 2.70. The number of carboxylic acid groups (broad SMARTS) is 1. The van der Waals surface area contributed by atoms with Crippen LogP contribution in [0.1, 0.15) is 126 Å². The van der Waals surface area contributed by atoms with Gasteiger partial charge in [-0.2, -0.15) is 0 Å². The summed E-state index contributed by atoms with van der Waals surface area (Å²) < 4.78 is 24.4. The standard InChI is InChI=1S/C46H73NO13/c1-24-32(50)34(52)35(53)38(58-24)60-36-33(51)28(49)22-57-39(36)59-31-13-14-42(4)29(43(31,5)23-48)12-15-45(7)30(42)11-10-25-26-21-41(2,3)16-18-46(26,19-17-44(25,45)6)40(56)47-20-8-9-27(47)37(54)55/h10,24,26-36,38-39,48-53H,8-9,11-23H2,1-7H3,(H,54,55)/t24-,26-,27+,28-,29+,30+,31-,32-,33-,34+,35+,36+,38-,39-,42-,43-,44+,45+,46-/m0/s1. The van der Waals surface area contributed by atoms with Crippen molar-refractivity contribution in [3.8, 4) is 0 Å². The average molecular weight is 848 g/mol. The number of amides is 1. The SMILES string of the molecule is C[C@@H]1O[C@@H](O[C@H]2[C@H](O[C@H]3CC[C@@]4(C)[C@@H](CC[C@]5(C)[C@@H]4CC=C4[C@@H]6CC(C)(C)CC[C@]6(C(=O)N6CCC[C@@H]6C(=O)O)CC[C@]45C)[C@]3(C)CO)OC[C@H](O)[C@@H]2O)[C@H](O)[C@H](O)[C@H]1O. The topological polar surface area (TPSA) is 216 Å². The minimum atomic E-state index is -1.63. The minimum Gasteiger partial charge on any atom is -0.480 e. The minimum absolute atomic E-state index is 0.0499. The molecule has 14 nitrogen and oxygen atoms in total. The number of hydrogen-bond donors (Lipinski definition) is 7. The van der Waals surface area contributed by atoms with Crippen molar-refractivity contribution in [1.82, 2.24) is 4.90 Å². The zero-order valence-corrected chi connectivity index (χ0v) is 36.8. The molecule has 60 heavy (non-hydrogen) atoms. The fourth-order valence-electron chi connectivity index (χ4n) is 14.9. The lowest BCUT2D eigenvalue weighted by atomic mass is 9.33. The second kappa shape index (κ2) is 15.5. The Balaban J connectivity index is 1.06. The van der Waals surface area contributed by atoms with Gasteiger partial charge in [0.05, 0.1) is 30.8 Å². The van der Waals surface area contributed by atoms with Gasteiger partial charge in [-0.05, 0) is 123 Å². The van der Waals surface area contributed by atoms with Gasteiger partial charge < -0.3 is 59.6 Å². The molecular formula is C46H73NO13. The molecule has 0 aromatic heterocycles. The molecule has 0 unspecified atom stereocenters. The Morgan fingerprint density at radius 1 is 0.833 bits per heavy atom. The van der Waals surface area contributed by atoms with Gasteiger partial charge in [0.2, 0.25) is 5.91 Å². The highest BCUT2D eigenvalue weighted by atomic mass is 16.8. The number of aliphatic hydroxyl groups is 6. The third kappa shape index (κ3) is 6.61. The second-order valence-electron chi connectivity index (χ2n) is 22.2. The molecule has 5 aliphatic carbocycles. The van der Waals surface area contributed by atoms with Gasteiger partial charge in [-0.25, -0.2) is 4.79 Å². The quantitative estimate of drug-likeness (QED) is 0.145. The van der Waals surface area contributed by atoms with E-state index in [-0.39, 0.29) is 58.5 Å². The average Bonchev–Trinajstić information content (AvgIpc) is 3.70. The molecule has 7 N–H and O–H groups in total. The molecule has 19 atom stereocenters. The van der Waals surface area contributed by atoms with Crippen LogP contribution in [0.15, 0.2) is 11.6 Å². The number of allylic oxidation sites excluding steroid dienone is 2. The number of aliphatic hydroxyl groups excluding tert-OH is 6. The van der Waals surface area contributed by atoms with Gasteiger partial charge in [-0.15, -0.1) is 0 Å². The summed E-state index contributed by atoms with van der Waals surface area (Å²) in [6.45, 7) is 15.7. The van der Waals surface area contributed by atoms with Crippen molar-refractivity contribution in [2.45, 2.75) is 193 Å². The fourth-order valence-corrected chi connectivity index (χ4v) is 14.9. The predicted molar refractivity (Wildman–Crippen MR) is 217 cm³/mol. The Kier molecular flexibility index (Phi) is 11.6. The Hall–Kier alpha value is -1.72. The molecule has 340 valence electrons. The smallest absolute Gasteiger partial charge is 0.326 e. The number of fused-ring (bicyclic) bond motifs is 7. The van der Waals surface area contributed by atoms with Crippen LogP contribution in [0.4, 0.5) is 0 Å². The molecule has 3 heterocycles. The predicted octanol–water partition coefficient (Wildman–Crippen LogP) is 3.51. The summed E-state index contributed by atoms with van der Waals surface area (Å²) in [5, 5.41) is 74.7. The van der Waals surface area contributed by atoms with E-state index in [1.807, 2.05) is 0 Å². The van der Waals surface area contributed by atoms with Crippen LogP contribution in [-0.4, -0.2) is 140 Å². The van der Waals surface area contributed by atoms with Crippen molar-refractivity contribution >= 4 is 11.9 Å². The lowest BCUT2D eigenvalue weighted by Crippen LogP contribution is -2.67. The third-order valence-corrected chi connectivity index (χ3v) is 18.8. The van der Waals surface area contributed by atoms with Crippen molar-refractivity contribution in [2.75, 3.05) is 19.8 Å². The number of carbonyl (C=O) groups is 2. The number of aliphatic carboxylic acids is 1. The number of carbonyl (C=O) groups excluding carboxylic acids is 1. The van der Waals surface area contributed by atoms with E-state index in [1.165, 1.54) is 12.5 Å². The van der Waals surface area contributed by atoms with Gasteiger partial charge in [0.1, 0.15) is 42.7 Å². The number of carboxylic acids is 1. The molecule has 1 amide bonds. The normalized spacial score (nSPS) is 52.6. The fraction of sp³-hybridized carbons (Fsp3) is 0.913. The van der Waals surface area contributed by atoms with Crippen LogP contribution in [-0.2, 0) is 28.5 Å². The highest BCUT2D eigenvalue weighted by molar-refractivity contribution is 5.89. The van der Waals surface area contributed by atoms with Gasteiger partial charge in [0.25, 0.3) is 0 Å². The second-order valence-corrected chi connectivity index (χ2v) is 22.2. The monoisotopic (exact) mass is 848 g/mol. The molecule has 14 heteroatoms. The molecule has 8 rings (SSSR count). The van der Waals surface area contributed by atoms with Gasteiger partial charge >= 0.3 is 5.97 Å². The first-order valence-electron chi connectivity index (χ1n) is 22.9. The molecule has 0 aromatic carbocycles. The lowest BCUT2D eigenvalue weighted by Gasteiger charge is -2.71. The molecule has 0 bridgehead atoms. The van der Waals surface area contributed by atoms with Gasteiger partial charge in [0.15, 0.2) is 12.6 Å². The summed E-state index contributed by atoms with van der Waals surface area (Å²) in [5.74, 6) is -0.452. The molecule has 3 saturated heterocycles. The van der Waals surface area contributed by atoms with Gasteiger partial charge in [-0.1, -0.05) is 53.2 Å². The van der Waals surface area contributed by atoms with E-state index in [1.54, 1.807) is 4.90 Å². The van der Waals surface area contributed by atoms with E-state index in [4.69, 9.17) is 18.9 Å². The van der Waals surface area contributed by atoms with Crippen molar-refractivity contribution in [2.24, 2.45) is 50.2 Å². The summed E-state index contributed by atoms with van der Waals surface area (Å²) in [6, 6.07) is -0.750. The first kappa shape index (κ1) is 44.9. The zero-order chi connectivity index (χ0) is 43.5.